The van der Waals surface area contributed by atoms with E-state index in [0.29, 0.717) is 0 Å². The molecule has 3 aliphatic carbocycles. The highest BCUT2D eigenvalue weighted by molar-refractivity contribution is 5.00. The minimum atomic E-state index is 0.998. The van der Waals surface area contributed by atoms with Crippen molar-refractivity contribution >= 4 is 0 Å². The molecule has 0 radical (unpaired) electrons. The summed E-state index contributed by atoms with van der Waals surface area (Å²) in [5, 5.41) is 0. The van der Waals surface area contributed by atoms with E-state index in [9.17, 15) is 0 Å². The molecule has 12 heavy (non-hydrogen) atoms. The van der Waals surface area contributed by atoms with Gasteiger partial charge in [-0.3, -0.25) is 0 Å². The Bertz CT molecular complexity index is 181. The summed E-state index contributed by atoms with van der Waals surface area (Å²) in [6.45, 7) is 1.38. The molecule has 1 saturated heterocycles. The van der Waals surface area contributed by atoms with E-state index in [1.807, 2.05) is 0 Å². The Morgan fingerprint density at radius 3 is 2.25 bits per heavy atom. The van der Waals surface area contributed by atoms with Gasteiger partial charge in [-0.15, -0.1) is 0 Å². The average Bonchev–Trinajstić information content (AvgIpc) is 2.53. The van der Waals surface area contributed by atoms with Crippen LogP contribution < -0.4 is 0 Å². The highest BCUT2D eigenvalue weighted by Gasteiger charge is 2.47. The second-order valence-corrected chi connectivity index (χ2v) is 5.10. The topological polar surface area (TPSA) is 3.24 Å². The van der Waals surface area contributed by atoms with Gasteiger partial charge in [0.25, 0.3) is 0 Å². The van der Waals surface area contributed by atoms with Crippen molar-refractivity contribution in [2.24, 2.45) is 17.8 Å². The molecular weight excluding hydrogens is 146 g/mol. The third-order valence-electron chi connectivity index (χ3n) is 4.67. The molecule has 1 nitrogen and oxygen atoms in total. The van der Waals surface area contributed by atoms with Crippen molar-refractivity contribution in [3.63, 3.8) is 0 Å². The number of likely N-dealkylation sites (tertiary alicyclic amines) is 1. The van der Waals surface area contributed by atoms with Crippen LogP contribution in [-0.2, 0) is 0 Å². The summed E-state index contributed by atoms with van der Waals surface area (Å²) in [5.74, 6) is 3.29. The molecule has 0 aromatic carbocycles. The summed E-state index contributed by atoms with van der Waals surface area (Å²) in [6, 6.07) is 0.998. The van der Waals surface area contributed by atoms with E-state index >= 15 is 0 Å². The lowest BCUT2D eigenvalue weighted by atomic mass is 9.62. The van der Waals surface area contributed by atoms with Gasteiger partial charge >= 0.3 is 0 Å². The van der Waals surface area contributed by atoms with Crippen LogP contribution in [0.25, 0.3) is 0 Å². The van der Waals surface area contributed by atoms with Crippen molar-refractivity contribution in [1.29, 1.82) is 0 Å². The fraction of sp³-hybridized carbons (Fsp3) is 1.00. The van der Waals surface area contributed by atoms with Crippen LogP contribution >= 0.6 is 0 Å². The molecule has 0 aromatic heterocycles. The highest BCUT2D eigenvalue weighted by Crippen LogP contribution is 2.50. The van der Waals surface area contributed by atoms with Gasteiger partial charge < -0.3 is 4.90 Å². The van der Waals surface area contributed by atoms with Gasteiger partial charge in [-0.1, -0.05) is 0 Å². The zero-order valence-corrected chi connectivity index (χ0v) is 8.00. The number of hydrogen-bond donors (Lipinski definition) is 0. The normalized spacial score (nSPS) is 52.8. The average molecular weight is 165 g/mol. The molecule has 1 heterocycles. The zero-order valence-electron chi connectivity index (χ0n) is 8.00. The summed E-state index contributed by atoms with van der Waals surface area (Å²) in [5.41, 5.74) is 0. The minimum Gasteiger partial charge on any atom is -0.303 e. The summed E-state index contributed by atoms with van der Waals surface area (Å²) in [6.07, 6.45) is 7.69. The number of hydrogen-bond acceptors (Lipinski definition) is 1. The largest absolute Gasteiger partial charge is 0.303 e. The van der Waals surface area contributed by atoms with Gasteiger partial charge in [0.15, 0.2) is 0 Å². The van der Waals surface area contributed by atoms with E-state index in [1.165, 1.54) is 25.8 Å². The van der Waals surface area contributed by atoms with Crippen LogP contribution in [0.5, 0.6) is 0 Å². The Morgan fingerprint density at radius 2 is 1.58 bits per heavy atom. The van der Waals surface area contributed by atoms with Crippen LogP contribution in [-0.4, -0.2) is 24.5 Å². The van der Waals surface area contributed by atoms with Crippen LogP contribution in [0.3, 0.4) is 0 Å². The van der Waals surface area contributed by atoms with E-state index in [0.717, 1.165) is 23.8 Å². The fourth-order valence-corrected chi connectivity index (χ4v) is 4.14. The molecule has 0 N–H and O–H groups in total. The van der Waals surface area contributed by atoms with Gasteiger partial charge in [-0.25, -0.2) is 0 Å². The summed E-state index contributed by atoms with van der Waals surface area (Å²) in [7, 11) is 2.34. The predicted molar refractivity (Wildman–Crippen MR) is 50.0 cm³/mol. The van der Waals surface area contributed by atoms with Crippen molar-refractivity contribution in [2.75, 3.05) is 13.6 Å². The number of nitrogens with zero attached hydrogens (tertiary/aromatic N) is 1. The van der Waals surface area contributed by atoms with E-state index in [2.05, 4.69) is 11.9 Å². The lowest BCUT2D eigenvalue weighted by molar-refractivity contribution is 0.0364. The highest BCUT2D eigenvalue weighted by atomic mass is 15.2. The Balaban J connectivity index is 1.89. The van der Waals surface area contributed by atoms with E-state index in [-0.39, 0.29) is 0 Å². The molecule has 68 valence electrons. The maximum atomic E-state index is 2.64. The monoisotopic (exact) mass is 165 g/mol. The Labute approximate surface area is 75.1 Å². The number of fused-ring (bicyclic) bond motifs is 2. The smallest absolute Gasteiger partial charge is 0.0152 e. The first-order chi connectivity index (χ1) is 5.86. The SMILES string of the molecule is CN1CCC2C3CCC(CC3)C21. The molecular formula is C11H19N. The Hall–Kier alpha value is -0.0400. The molecule has 2 atom stereocenters. The summed E-state index contributed by atoms with van der Waals surface area (Å²) < 4.78 is 0. The molecule has 2 unspecified atom stereocenters. The first kappa shape index (κ1) is 7.37. The van der Waals surface area contributed by atoms with Gasteiger partial charge in [0, 0.05) is 6.04 Å². The molecule has 0 aromatic rings. The van der Waals surface area contributed by atoms with Gasteiger partial charge in [-0.05, 0) is 63.5 Å². The molecule has 4 rings (SSSR count). The van der Waals surface area contributed by atoms with Gasteiger partial charge in [0.1, 0.15) is 0 Å². The van der Waals surface area contributed by atoms with Crippen molar-refractivity contribution < 1.29 is 0 Å². The van der Waals surface area contributed by atoms with Crippen molar-refractivity contribution in [2.45, 2.75) is 38.1 Å². The molecule has 0 amide bonds. The molecule has 0 spiro atoms. The number of rotatable bonds is 0. The van der Waals surface area contributed by atoms with Crippen LogP contribution in [0, 0.1) is 17.8 Å². The second kappa shape index (κ2) is 2.47. The van der Waals surface area contributed by atoms with E-state index in [1.54, 1.807) is 12.8 Å². The Morgan fingerprint density at radius 1 is 0.917 bits per heavy atom. The molecule has 4 fully saturated rings. The molecule has 1 heteroatoms. The first-order valence-electron chi connectivity index (χ1n) is 5.56. The lowest BCUT2D eigenvalue weighted by Crippen LogP contribution is -2.46. The Kier molecular flexibility index (Phi) is 1.52. The predicted octanol–water partition coefficient (Wildman–Crippen LogP) is 2.13. The van der Waals surface area contributed by atoms with Crippen LogP contribution in [0.15, 0.2) is 0 Å². The molecule has 2 bridgehead atoms. The zero-order chi connectivity index (χ0) is 8.13. The van der Waals surface area contributed by atoms with E-state index in [4.69, 9.17) is 0 Å². The van der Waals surface area contributed by atoms with Crippen LogP contribution in [0.4, 0.5) is 0 Å². The molecule has 3 saturated carbocycles. The van der Waals surface area contributed by atoms with Crippen molar-refractivity contribution in [1.82, 2.24) is 4.90 Å². The van der Waals surface area contributed by atoms with Crippen molar-refractivity contribution in [3.05, 3.63) is 0 Å². The quantitative estimate of drug-likeness (QED) is 0.531. The van der Waals surface area contributed by atoms with Crippen LogP contribution in [0.1, 0.15) is 32.1 Å². The van der Waals surface area contributed by atoms with Crippen LogP contribution in [0.2, 0.25) is 0 Å². The molecule has 1 aliphatic heterocycles. The van der Waals surface area contributed by atoms with Gasteiger partial charge in [0.2, 0.25) is 0 Å². The third-order valence-corrected chi connectivity index (χ3v) is 4.67. The standard InChI is InChI=1S/C11H19N/c1-12-7-6-10-8-2-4-9(5-3-8)11(10)12/h8-11H,2-7H2,1H3. The maximum Gasteiger partial charge on any atom is 0.0152 e. The summed E-state index contributed by atoms with van der Waals surface area (Å²) in [4.78, 5) is 2.64. The fourth-order valence-electron chi connectivity index (χ4n) is 4.14. The second-order valence-electron chi connectivity index (χ2n) is 5.10. The third kappa shape index (κ3) is 0.834. The van der Waals surface area contributed by atoms with Gasteiger partial charge in [-0.2, -0.15) is 0 Å². The van der Waals surface area contributed by atoms with Gasteiger partial charge in [0.05, 0.1) is 0 Å². The lowest BCUT2D eigenvalue weighted by Gasteiger charge is -2.47. The minimum absolute atomic E-state index is 0.998. The first-order valence-corrected chi connectivity index (χ1v) is 5.56. The van der Waals surface area contributed by atoms with Crippen molar-refractivity contribution in [3.8, 4) is 0 Å². The maximum absolute atomic E-state index is 2.64. The van der Waals surface area contributed by atoms with E-state index < -0.39 is 0 Å². The summed E-state index contributed by atoms with van der Waals surface area (Å²) >= 11 is 0. The molecule has 4 aliphatic rings.